The minimum absolute atomic E-state index is 0.0706. The molecule has 6 heteroatoms. The number of sulfonamides is 1. The lowest BCUT2D eigenvalue weighted by Gasteiger charge is -2.28. The maximum Gasteiger partial charge on any atom is 0.228 e. The van der Waals surface area contributed by atoms with Gasteiger partial charge < -0.3 is 4.90 Å². The third-order valence-electron chi connectivity index (χ3n) is 2.81. The van der Waals surface area contributed by atoms with Crippen molar-refractivity contribution in [2.75, 3.05) is 31.9 Å². The number of halogens is 1. The van der Waals surface area contributed by atoms with E-state index in [1.165, 1.54) is 0 Å². The SMILES string of the molecule is CCC1CN(C)CCCN1S(=O)(=O)CCl. The minimum Gasteiger partial charge on any atom is -0.305 e. The van der Waals surface area contributed by atoms with Crippen LogP contribution >= 0.6 is 11.6 Å². The van der Waals surface area contributed by atoms with Crippen molar-refractivity contribution in [2.45, 2.75) is 25.8 Å². The van der Waals surface area contributed by atoms with Crippen molar-refractivity contribution in [1.82, 2.24) is 9.21 Å². The molecule has 0 aromatic heterocycles. The van der Waals surface area contributed by atoms with Crippen LogP contribution in [0, 0.1) is 0 Å². The van der Waals surface area contributed by atoms with Crippen molar-refractivity contribution < 1.29 is 8.42 Å². The van der Waals surface area contributed by atoms with Gasteiger partial charge in [0.1, 0.15) is 5.21 Å². The number of alkyl halides is 1. The molecule has 0 aromatic rings. The Balaban J connectivity index is 2.85. The van der Waals surface area contributed by atoms with Gasteiger partial charge in [0, 0.05) is 19.1 Å². The number of likely N-dealkylation sites (N-methyl/N-ethyl adjacent to an activating group) is 1. The van der Waals surface area contributed by atoms with E-state index in [0.29, 0.717) is 6.54 Å². The molecule has 4 nitrogen and oxygen atoms in total. The van der Waals surface area contributed by atoms with E-state index in [1.807, 2.05) is 14.0 Å². The second-order valence-corrected chi connectivity index (χ2v) is 6.52. The highest BCUT2D eigenvalue weighted by molar-refractivity contribution is 7.90. The van der Waals surface area contributed by atoms with Crippen molar-refractivity contribution in [3.63, 3.8) is 0 Å². The maximum atomic E-state index is 11.8. The molecule has 1 rings (SSSR count). The van der Waals surface area contributed by atoms with Crippen LogP contribution in [0.1, 0.15) is 19.8 Å². The topological polar surface area (TPSA) is 40.6 Å². The molecule has 0 bridgehead atoms. The van der Waals surface area contributed by atoms with E-state index in [1.54, 1.807) is 4.31 Å². The fourth-order valence-electron chi connectivity index (χ4n) is 1.98. The lowest BCUT2D eigenvalue weighted by molar-refractivity contribution is 0.271. The van der Waals surface area contributed by atoms with Gasteiger partial charge in [-0.25, -0.2) is 8.42 Å². The van der Waals surface area contributed by atoms with E-state index >= 15 is 0 Å². The molecule has 0 aliphatic carbocycles. The van der Waals surface area contributed by atoms with Gasteiger partial charge in [-0.2, -0.15) is 4.31 Å². The first kappa shape index (κ1) is 13.2. The predicted octanol–water partition coefficient (Wildman–Crippen LogP) is 0.929. The number of hydrogen-bond acceptors (Lipinski definition) is 3. The van der Waals surface area contributed by atoms with Crippen LogP contribution in [0.25, 0.3) is 0 Å². The lowest BCUT2D eigenvalue weighted by Crippen LogP contribution is -2.43. The van der Waals surface area contributed by atoms with Crippen LogP contribution in [-0.4, -0.2) is 55.6 Å². The van der Waals surface area contributed by atoms with Crippen molar-refractivity contribution in [2.24, 2.45) is 0 Å². The van der Waals surface area contributed by atoms with Crippen molar-refractivity contribution in [1.29, 1.82) is 0 Å². The van der Waals surface area contributed by atoms with Crippen molar-refractivity contribution >= 4 is 21.6 Å². The molecule has 1 fully saturated rings. The largest absolute Gasteiger partial charge is 0.305 e. The summed E-state index contributed by atoms with van der Waals surface area (Å²) in [7, 11) is -1.23. The molecule has 0 amide bonds. The second kappa shape index (κ2) is 5.48. The number of hydrogen-bond donors (Lipinski definition) is 0. The van der Waals surface area contributed by atoms with Crippen LogP contribution in [0.2, 0.25) is 0 Å². The standard InChI is InChI=1S/C9H19ClN2O2S/c1-3-9-7-11(2)5-4-6-12(9)15(13,14)8-10/h9H,3-8H2,1-2H3. The number of rotatable bonds is 3. The Morgan fingerprint density at radius 2 is 2.07 bits per heavy atom. The van der Waals surface area contributed by atoms with Crippen LogP contribution in [-0.2, 0) is 10.0 Å². The van der Waals surface area contributed by atoms with E-state index in [4.69, 9.17) is 11.6 Å². The zero-order chi connectivity index (χ0) is 11.5. The van der Waals surface area contributed by atoms with Crippen molar-refractivity contribution in [3.8, 4) is 0 Å². The van der Waals surface area contributed by atoms with Gasteiger partial charge in [-0.1, -0.05) is 6.92 Å². The summed E-state index contributed by atoms with van der Waals surface area (Å²) < 4.78 is 25.1. The van der Waals surface area contributed by atoms with Crippen LogP contribution in [0.3, 0.4) is 0 Å². The Bertz CT molecular complexity index is 294. The molecule has 15 heavy (non-hydrogen) atoms. The van der Waals surface area contributed by atoms with Gasteiger partial charge in [-0.15, -0.1) is 11.6 Å². The smallest absolute Gasteiger partial charge is 0.228 e. The van der Waals surface area contributed by atoms with Gasteiger partial charge in [0.2, 0.25) is 10.0 Å². The first-order valence-electron chi connectivity index (χ1n) is 5.25. The summed E-state index contributed by atoms with van der Waals surface area (Å²) in [6.07, 6.45) is 1.71. The van der Waals surface area contributed by atoms with Gasteiger partial charge in [0.15, 0.2) is 0 Å². The highest BCUT2D eigenvalue weighted by atomic mass is 35.5. The van der Waals surface area contributed by atoms with E-state index in [9.17, 15) is 8.42 Å². The zero-order valence-electron chi connectivity index (χ0n) is 9.32. The number of nitrogens with zero attached hydrogens (tertiary/aromatic N) is 2. The Kier molecular flexibility index (Phi) is 4.83. The van der Waals surface area contributed by atoms with Crippen molar-refractivity contribution in [3.05, 3.63) is 0 Å². The molecule has 1 aliphatic heterocycles. The van der Waals surface area contributed by atoms with Crippen LogP contribution in [0.5, 0.6) is 0 Å². The molecule has 0 N–H and O–H groups in total. The van der Waals surface area contributed by atoms with Gasteiger partial charge in [0.05, 0.1) is 0 Å². The third kappa shape index (κ3) is 3.31. The summed E-state index contributed by atoms with van der Waals surface area (Å²) in [5.41, 5.74) is 0. The Labute approximate surface area is 97.2 Å². The van der Waals surface area contributed by atoms with E-state index in [-0.39, 0.29) is 11.3 Å². The summed E-state index contributed by atoms with van der Waals surface area (Å²) >= 11 is 5.50. The Hall–Kier alpha value is 0.160. The van der Waals surface area contributed by atoms with Crippen LogP contribution < -0.4 is 0 Å². The highest BCUT2D eigenvalue weighted by Gasteiger charge is 2.30. The van der Waals surface area contributed by atoms with Gasteiger partial charge in [-0.05, 0) is 26.4 Å². The highest BCUT2D eigenvalue weighted by Crippen LogP contribution is 2.17. The predicted molar refractivity (Wildman–Crippen MR) is 62.5 cm³/mol. The van der Waals surface area contributed by atoms with Gasteiger partial charge >= 0.3 is 0 Å². The Morgan fingerprint density at radius 1 is 1.40 bits per heavy atom. The fourth-order valence-corrected chi connectivity index (χ4v) is 3.56. The summed E-state index contributed by atoms with van der Waals surface area (Å²) in [6.45, 7) is 4.36. The molecular formula is C9H19ClN2O2S. The molecule has 0 aromatic carbocycles. The van der Waals surface area contributed by atoms with Gasteiger partial charge in [0.25, 0.3) is 0 Å². The average molecular weight is 255 g/mol. The summed E-state index contributed by atoms with van der Waals surface area (Å²) in [6, 6.07) is 0.0706. The molecule has 1 unspecified atom stereocenters. The first-order chi connectivity index (χ1) is 7.01. The summed E-state index contributed by atoms with van der Waals surface area (Å²) in [4.78, 5) is 2.18. The molecule has 1 heterocycles. The molecule has 0 radical (unpaired) electrons. The average Bonchev–Trinajstić information content (AvgIpc) is 2.39. The quantitative estimate of drug-likeness (QED) is 0.704. The molecule has 90 valence electrons. The minimum atomic E-state index is -3.26. The monoisotopic (exact) mass is 254 g/mol. The summed E-state index contributed by atoms with van der Waals surface area (Å²) in [5.74, 6) is 0. The molecule has 1 aliphatic rings. The molecule has 0 spiro atoms. The lowest BCUT2D eigenvalue weighted by atomic mass is 10.2. The zero-order valence-corrected chi connectivity index (χ0v) is 10.9. The second-order valence-electron chi connectivity index (χ2n) is 4.01. The molecule has 1 atom stereocenters. The van der Waals surface area contributed by atoms with E-state index in [0.717, 1.165) is 25.9 Å². The summed E-state index contributed by atoms with van der Waals surface area (Å²) in [5, 5.41) is -0.312. The van der Waals surface area contributed by atoms with E-state index in [2.05, 4.69) is 4.90 Å². The first-order valence-corrected chi connectivity index (χ1v) is 7.39. The van der Waals surface area contributed by atoms with Crippen LogP contribution in [0.15, 0.2) is 0 Å². The fraction of sp³-hybridized carbons (Fsp3) is 1.00. The molecule has 0 saturated carbocycles. The van der Waals surface area contributed by atoms with Gasteiger partial charge in [-0.3, -0.25) is 0 Å². The maximum absolute atomic E-state index is 11.8. The van der Waals surface area contributed by atoms with Crippen LogP contribution in [0.4, 0.5) is 0 Å². The third-order valence-corrected chi connectivity index (χ3v) is 5.11. The van der Waals surface area contributed by atoms with E-state index < -0.39 is 10.0 Å². The Morgan fingerprint density at radius 3 is 2.60 bits per heavy atom. The molecule has 1 saturated heterocycles. The molecular weight excluding hydrogens is 236 g/mol. The normalized spacial score (nSPS) is 26.5.